The Morgan fingerprint density at radius 3 is 2.63 bits per heavy atom. The van der Waals surface area contributed by atoms with Crippen molar-refractivity contribution in [2.45, 2.75) is 19.3 Å². The standard InChI is InChI=1S/C22H23N7S/c1-28-15-18(13-26-28)16-9-17(12-23-11-16)20-14-25-22(30-20)27-21-10-19(5-6-24-21)29-7-3-2-4-8-29/h5-6,9-15H,2-4,7-8H2,1H3,(H,24,25,27). The molecule has 5 rings (SSSR count). The molecule has 8 heteroatoms. The van der Waals surface area contributed by atoms with Gasteiger partial charge in [0.2, 0.25) is 0 Å². The van der Waals surface area contributed by atoms with Crippen molar-refractivity contribution in [1.82, 2.24) is 24.7 Å². The smallest absolute Gasteiger partial charge is 0.188 e. The molecule has 0 saturated carbocycles. The van der Waals surface area contributed by atoms with Gasteiger partial charge in [-0.25, -0.2) is 9.97 Å². The highest BCUT2D eigenvalue weighted by molar-refractivity contribution is 7.18. The van der Waals surface area contributed by atoms with Crippen LogP contribution in [0.1, 0.15) is 19.3 Å². The van der Waals surface area contributed by atoms with E-state index in [1.165, 1.54) is 24.9 Å². The minimum absolute atomic E-state index is 0.820. The van der Waals surface area contributed by atoms with E-state index < -0.39 is 0 Å². The molecule has 0 aromatic carbocycles. The first kappa shape index (κ1) is 18.7. The molecule has 0 spiro atoms. The molecule has 0 amide bonds. The van der Waals surface area contributed by atoms with Crippen LogP contribution in [0.15, 0.2) is 55.4 Å². The Kier molecular flexibility index (Phi) is 5.15. The van der Waals surface area contributed by atoms with Crippen molar-refractivity contribution < 1.29 is 0 Å². The number of aromatic nitrogens is 5. The Labute approximate surface area is 179 Å². The molecule has 1 aliphatic rings. The molecule has 152 valence electrons. The monoisotopic (exact) mass is 417 g/mol. The first-order chi connectivity index (χ1) is 14.7. The van der Waals surface area contributed by atoms with Crippen LogP contribution in [-0.4, -0.2) is 37.8 Å². The van der Waals surface area contributed by atoms with Crippen molar-refractivity contribution >= 4 is 28.0 Å². The van der Waals surface area contributed by atoms with Crippen LogP contribution in [0.5, 0.6) is 0 Å². The van der Waals surface area contributed by atoms with Crippen LogP contribution >= 0.6 is 11.3 Å². The van der Waals surface area contributed by atoms with Crippen LogP contribution in [0, 0.1) is 0 Å². The predicted octanol–water partition coefficient (Wildman–Crippen LogP) is 4.73. The van der Waals surface area contributed by atoms with Gasteiger partial charge in [-0.05, 0) is 31.4 Å². The van der Waals surface area contributed by atoms with Crippen molar-refractivity contribution in [3.05, 3.63) is 55.4 Å². The molecule has 1 saturated heterocycles. The van der Waals surface area contributed by atoms with Gasteiger partial charge in [0.1, 0.15) is 5.82 Å². The molecule has 5 heterocycles. The van der Waals surface area contributed by atoms with Gasteiger partial charge < -0.3 is 10.2 Å². The van der Waals surface area contributed by atoms with Gasteiger partial charge in [0, 0.05) is 79.6 Å². The van der Waals surface area contributed by atoms with Gasteiger partial charge in [0.15, 0.2) is 5.13 Å². The highest BCUT2D eigenvalue weighted by atomic mass is 32.1. The maximum absolute atomic E-state index is 4.55. The third-order valence-corrected chi connectivity index (χ3v) is 6.23. The van der Waals surface area contributed by atoms with E-state index in [0.717, 1.165) is 45.6 Å². The van der Waals surface area contributed by atoms with Crippen LogP contribution in [-0.2, 0) is 7.05 Å². The lowest BCUT2D eigenvalue weighted by Gasteiger charge is -2.28. The lowest BCUT2D eigenvalue weighted by Crippen LogP contribution is -2.29. The first-order valence-corrected chi connectivity index (χ1v) is 10.9. The summed E-state index contributed by atoms with van der Waals surface area (Å²) in [6.45, 7) is 2.23. The zero-order chi connectivity index (χ0) is 20.3. The molecule has 0 bridgehead atoms. The molecule has 0 radical (unpaired) electrons. The first-order valence-electron chi connectivity index (χ1n) is 10.1. The highest BCUT2D eigenvalue weighted by Gasteiger charge is 2.13. The summed E-state index contributed by atoms with van der Waals surface area (Å²) >= 11 is 1.59. The zero-order valence-corrected chi connectivity index (χ0v) is 17.6. The van der Waals surface area contributed by atoms with Gasteiger partial charge in [-0.15, -0.1) is 0 Å². The third kappa shape index (κ3) is 4.04. The normalized spacial score (nSPS) is 14.1. The molecule has 30 heavy (non-hydrogen) atoms. The Hall–Kier alpha value is -3.26. The highest BCUT2D eigenvalue weighted by Crippen LogP contribution is 2.32. The van der Waals surface area contributed by atoms with Crippen molar-refractivity contribution in [1.29, 1.82) is 0 Å². The van der Waals surface area contributed by atoms with E-state index in [1.54, 1.807) is 16.0 Å². The summed E-state index contributed by atoms with van der Waals surface area (Å²) in [4.78, 5) is 16.9. The van der Waals surface area contributed by atoms with Crippen molar-refractivity contribution in [2.24, 2.45) is 7.05 Å². The molecule has 0 unspecified atom stereocenters. The number of pyridine rings is 2. The summed E-state index contributed by atoms with van der Waals surface area (Å²) in [7, 11) is 1.91. The number of aryl methyl sites for hydroxylation is 1. The number of piperidine rings is 1. The number of nitrogens with one attached hydrogen (secondary N) is 1. The Morgan fingerprint density at radius 1 is 0.933 bits per heavy atom. The molecule has 0 atom stereocenters. The maximum Gasteiger partial charge on any atom is 0.188 e. The minimum Gasteiger partial charge on any atom is -0.371 e. The van der Waals surface area contributed by atoms with Crippen molar-refractivity contribution in [2.75, 3.05) is 23.3 Å². The number of nitrogens with zero attached hydrogens (tertiary/aromatic N) is 6. The summed E-state index contributed by atoms with van der Waals surface area (Å²) in [5.74, 6) is 0.821. The van der Waals surface area contributed by atoms with E-state index >= 15 is 0 Å². The van der Waals surface area contributed by atoms with Gasteiger partial charge in [-0.3, -0.25) is 9.67 Å². The second kappa shape index (κ2) is 8.23. The molecule has 1 fully saturated rings. The van der Waals surface area contributed by atoms with E-state index in [9.17, 15) is 0 Å². The topological polar surface area (TPSA) is 71.8 Å². The average molecular weight is 418 g/mol. The minimum atomic E-state index is 0.820. The van der Waals surface area contributed by atoms with Gasteiger partial charge >= 0.3 is 0 Å². The van der Waals surface area contributed by atoms with Crippen LogP contribution in [0.3, 0.4) is 0 Å². The van der Waals surface area contributed by atoms with Crippen LogP contribution < -0.4 is 10.2 Å². The molecular weight excluding hydrogens is 394 g/mol. The van der Waals surface area contributed by atoms with Crippen molar-refractivity contribution in [3.8, 4) is 21.6 Å². The Bertz CT molecular complexity index is 1140. The Morgan fingerprint density at radius 2 is 1.80 bits per heavy atom. The number of rotatable bonds is 5. The van der Waals surface area contributed by atoms with Gasteiger partial charge in [-0.1, -0.05) is 11.3 Å². The maximum atomic E-state index is 4.55. The summed E-state index contributed by atoms with van der Waals surface area (Å²) < 4.78 is 1.79. The van der Waals surface area contributed by atoms with Crippen LogP contribution in [0.4, 0.5) is 16.6 Å². The van der Waals surface area contributed by atoms with Gasteiger partial charge in [0.25, 0.3) is 0 Å². The van der Waals surface area contributed by atoms with Gasteiger partial charge in [0.05, 0.1) is 11.1 Å². The molecule has 4 aromatic heterocycles. The largest absolute Gasteiger partial charge is 0.371 e. The average Bonchev–Trinajstić information content (AvgIpc) is 3.44. The predicted molar refractivity (Wildman–Crippen MR) is 121 cm³/mol. The molecule has 1 aliphatic heterocycles. The number of anilines is 3. The fourth-order valence-corrected chi connectivity index (χ4v) is 4.52. The fraction of sp³-hybridized carbons (Fsp3) is 0.273. The quantitative estimate of drug-likeness (QED) is 0.506. The van der Waals surface area contributed by atoms with E-state index in [1.807, 2.05) is 44.2 Å². The number of hydrogen-bond acceptors (Lipinski definition) is 7. The van der Waals surface area contributed by atoms with Crippen molar-refractivity contribution in [3.63, 3.8) is 0 Å². The zero-order valence-electron chi connectivity index (χ0n) is 16.8. The van der Waals surface area contributed by atoms with Crippen LogP contribution in [0.25, 0.3) is 21.6 Å². The molecule has 4 aromatic rings. The number of hydrogen-bond donors (Lipinski definition) is 1. The molecular formula is C22H23N7S. The number of thiazole rings is 1. The molecule has 0 aliphatic carbocycles. The third-order valence-electron chi connectivity index (χ3n) is 5.27. The summed E-state index contributed by atoms with van der Waals surface area (Å²) in [5, 5.41) is 8.42. The summed E-state index contributed by atoms with van der Waals surface area (Å²) in [5.41, 5.74) is 4.35. The second-order valence-corrected chi connectivity index (χ2v) is 8.50. The lowest BCUT2D eigenvalue weighted by atomic mass is 10.1. The SMILES string of the molecule is Cn1cc(-c2cncc(-c3cnc(Nc4cc(N5CCCCC5)ccn4)s3)c2)cn1. The lowest BCUT2D eigenvalue weighted by molar-refractivity contribution is 0.578. The van der Waals surface area contributed by atoms with E-state index in [-0.39, 0.29) is 0 Å². The second-order valence-electron chi connectivity index (χ2n) is 7.47. The van der Waals surface area contributed by atoms with E-state index in [2.05, 4.69) is 48.5 Å². The molecule has 1 N–H and O–H groups in total. The fourth-order valence-electron chi connectivity index (χ4n) is 3.71. The summed E-state index contributed by atoms with van der Waals surface area (Å²) in [6, 6.07) is 6.31. The Balaban J connectivity index is 1.34. The summed E-state index contributed by atoms with van der Waals surface area (Å²) in [6.07, 6.45) is 15.1. The van der Waals surface area contributed by atoms with E-state index in [0.29, 0.717) is 0 Å². The van der Waals surface area contributed by atoms with E-state index in [4.69, 9.17) is 0 Å². The van der Waals surface area contributed by atoms with Crippen LogP contribution in [0.2, 0.25) is 0 Å². The van der Waals surface area contributed by atoms with Gasteiger partial charge in [-0.2, -0.15) is 5.10 Å². The molecule has 7 nitrogen and oxygen atoms in total.